The summed E-state index contributed by atoms with van der Waals surface area (Å²) < 4.78 is 5.46. The molecule has 1 aromatic rings. The Kier molecular flexibility index (Phi) is 7.25. The van der Waals surface area contributed by atoms with E-state index in [1.165, 1.54) is 11.8 Å². The van der Waals surface area contributed by atoms with Gasteiger partial charge in [0, 0.05) is 23.0 Å². The lowest BCUT2D eigenvalue weighted by Crippen LogP contribution is -2.41. The van der Waals surface area contributed by atoms with Crippen LogP contribution in [0.5, 0.6) is 5.75 Å². The van der Waals surface area contributed by atoms with E-state index in [4.69, 9.17) is 15.6 Å². The molecule has 5 nitrogen and oxygen atoms in total. The number of carbonyl (C=O) groups is 1. The fourth-order valence-corrected chi connectivity index (χ4v) is 2.35. The minimum atomic E-state index is -0.0890. The minimum Gasteiger partial charge on any atom is -0.493 e. The highest BCUT2D eigenvalue weighted by molar-refractivity contribution is 7.99. The lowest BCUT2D eigenvalue weighted by Gasteiger charge is -2.21. The summed E-state index contributed by atoms with van der Waals surface area (Å²) in [5, 5.41) is 12.0. The van der Waals surface area contributed by atoms with E-state index >= 15 is 0 Å². The van der Waals surface area contributed by atoms with Crippen LogP contribution in [0, 0.1) is 0 Å². The van der Waals surface area contributed by atoms with E-state index in [1.54, 1.807) is 24.3 Å². The number of ether oxygens (including phenoxy) is 1. The molecule has 0 aliphatic heterocycles. The molecule has 0 aromatic heterocycles. The summed E-state index contributed by atoms with van der Waals surface area (Å²) >= 11 is 1.53. The van der Waals surface area contributed by atoms with Gasteiger partial charge in [-0.3, -0.25) is 4.79 Å². The van der Waals surface area contributed by atoms with Crippen molar-refractivity contribution in [2.45, 2.75) is 24.6 Å². The summed E-state index contributed by atoms with van der Waals surface area (Å²) in [6.45, 7) is 2.22. The second-order valence-electron chi connectivity index (χ2n) is 4.48. The second-order valence-corrected chi connectivity index (χ2v) is 5.56. The van der Waals surface area contributed by atoms with Gasteiger partial charge in [-0.15, -0.1) is 0 Å². The van der Waals surface area contributed by atoms with Gasteiger partial charge in [-0.05, 0) is 25.3 Å². The number of hydrogen-bond acceptors (Lipinski definition) is 5. The van der Waals surface area contributed by atoms with Gasteiger partial charge in [0.05, 0.1) is 19.6 Å². The summed E-state index contributed by atoms with van der Waals surface area (Å²) in [5.41, 5.74) is 6.27. The number of rotatable bonds is 8. The van der Waals surface area contributed by atoms with Gasteiger partial charge in [-0.1, -0.05) is 6.07 Å². The summed E-state index contributed by atoms with van der Waals surface area (Å²) in [6.07, 6.45) is 2.18. The third kappa shape index (κ3) is 5.71. The van der Waals surface area contributed by atoms with Crippen LogP contribution >= 0.6 is 11.8 Å². The van der Waals surface area contributed by atoms with E-state index in [-0.39, 0.29) is 30.2 Å². The van der Waals surface area contributed by atoms with Crippen molar-refractivity contribution in [2.75, 3.05) is 25.2 Å². The Bertz CT molecular complexity index is 425. The molecule has 0 fully saturated rings. The number of thioether (sulfide) groups is 1. The lowest BCUT2D eigenvalue weighted by molar-refractivity contribution is -0.122. The molecule has 1 aromatic carbocycles. The number of aliphatic hydroxyl groups excluding tert-OH is 1. The van der Waals surface area contributed by atoms with Crippen molar-refractivity contribution >= 4 is 23.4 Å². The van der Waals surface area contributed by atoms with Crippen molar-refractivity contribution in [3.8, 4) is 5.75 Å². The van der Waals surface area contributed by atoms with E-state index in [0.717, 1.165) is 0 Å². The molecular formula is C14H22N2O3S. The van der Waals surface area contributed by atoms with Crippen LogP contribution in [0.15, 0.2) is 24.3 Å². The van der Waals surface area contributed by atoms with Crippen molar-refractivity contribution in [3.63, 3.8) is 0 Å². The first kappa shape index (κ1) is 16.7. The van der Waals surface area contributed by atoms with Crippen LogP contribution in [-0.2, 0) is 4.79 Å². The van der Waals surface area contributed by atoms with Crippen molar-refractivity contribution in [3.05, 3.63) is 24.3 Å². The number of nitrogens with one attached hydrogen (secondary N) is 1. The number of aliphatic hydroxyl groups is 1. The highest BCUT2D eigenvalue weighted by Crippen LogP contribution is 2.14. The first-order valence-corrected chi connectivity index (χ1v) is 7.77. The zero-order valence-electron chi connectivity index (χ0n) is 11.8. The topological polar surface area (TPSA) is 84.6 Å². The first-order chi connectivity index (χ1) is 9.56. The molecular weight excluding hydrogens is 276 g/mol. The van der Waals surface area contributed by atoms with Crippen molar-refractivity contribution < 1.29 is 14.6 Å². The number of amides is 1. The van der Waals surface area contributed by atoms with Crippen LogP contribution in [-0.4, -0.2) is 41.8 Å². The zero-order chi connectivity index (χ0) is 15.0. The van der Waals surface area contributed by atoms with Crippen molar-refractivity contribution in [2.24, 2.45) is 0 Å². The molecule has 4 N–H and O–H groups in total. The van der Waals surface area contributed by atoms with E-state index in [1.807, 2.05) is 13.2 Å². The molecule has 0 bridgehead atoms. The predicted octanol–water partition coefficient (Wildman–Crippen LogP) is 1.27. The van der Waals surface area contributed by atoms with Gasteiger partial charge in [-0.25, -0.2) is 0 Å². The molecule has 0 saturated carbocycles. The van der Waals surface area contributed by atoms with E-state index < -0.39 is 0 Å². The second kappa shape index (κ2) is 8.71. The fraction of sp³-hybridized carbons (Fsp3) is 0.500. The van der Waals surface area contributed by atoms with Gasteiger partial charge >= 0.3 is 0 Å². The summed E-state index contributed by atoms with van der Waals surface area (Å²) in [4.78, 5) is 11.7. The van der Waals surface area contributed by atoms with Crippen molar-refractivity contribution in [1.82, 2.24) is 5.32 Å². The number of benzene rings is 1. The summed E-state index contributed by atoms with van der Waals surface area (Å²) in [5.74, 6) is 0.567. The van der Waals surface area contributed by atoms with Crippen molar-refractivity contribution in [1.29, 1.82) is 0 Å². The van der Waals surface area contributed by atoms with Crippen LogP contribution < -0.4 is 15.8 Å². The van der Waals surface area contributed by atoms with Crippen LogP contribution in [0.4, 0.5) is 5.69 Å². The number of anilines is 1. The first-order valence-electron chi connectivity index (χ1n) is 6.48. The largest absolute Gasteiger partial charge is 0.493 e. The SMILES string of the molecule is CSC(CO)C(C)NC(=O)CCOc1cccc(N)c1. The molecule has 0 aliphatic rings. The van der Waals surface area contributed by atoms with Gasteiger partial charge in [0.25, 0.3) is 0 Å². The Morgan fingerprint density at radius 1 is 1.55 bits per heavy atom. The standard InChI is InChI=1S/C14H22N2O3S/c1-10(13(9-17)20-2)16-14(18)6-7-19-12-5-3-4-11(15)8-12/h3-5,8,10,13,17H,6-7,9,15H2,1-2H3,(H,16,18). The van der Waals surface area contributed by atoms with Gasteiger partial charge in [0.15, 0.2) is 0 Å². The number of carbonyl (C=O) groups excluding carboxylic acids is 1. The highest BCUT2D eigenvalue weighted by Gasteiger charge is 2.17. The van der Waals surface area contributed by atoms with Gasteiger partial charge < -0.3 is 20.9 Å². The monoisotopic (exact) mass is 298 g/mol. The fourth-order valence-electron chi connectivity index (χ4n) is 1.72. The quantitative estimate of drug-likeness (QED) is 0.629. The maximum absolute atomic E-state index is 11.7. The molecule has 0 aliphatic carbocycles. The van der Waals surface area contributed by atoms with Gasteiger partial charge in [-0.2, -0.15) is 11.8 Å². The predicted molar refractivity (Wildman–Crippen MR) is 83.0 cm³/mol. The molecule has 0 spiro atoms. The third-order valence-corrected chi connectivity index (χ3v) is 4.05. The van der Waals surface area contributed by atoms with E-state index in [0.29, 0.717) is 18.0 Å². The summed E-state index contributed by atoms with van der Waals surface area (Å²) in [7, 11) is 0. The van der Waals surface area contributed by atoms with Gasteiger partial charge in [0.2, 0.25) is 5.91 Å². The molecule has 112 valence electrons. The summed E-state index contributed by atoms with van der Waals surface area (Å²) in [6, 6.07) is 7.02. The lowest BCUT2D eigenvalue weighted by atomic mass is 10.2. The van der Waals surface area contributed by atoms with Crippen LogP contribution in [0.25, 0.3) is 0 Å². The Morgan fingerprint density at radius 2 is 2.30 bits per heavy atom. The van der Waals surface area contributed by atoms with Gasteiger partial charge in [0.1, 0.15) is 5.75 Å². The zero-order valence-corrected chi connectivity index (χ0v) is 12.7. The molecule has 0 radical (unpaired) electrons. The van der Waals surface area contributed by atoms with E-state index in [2.05, 4.69) is 5.32 Å². The maximum atomic E-state index is 11.7. The van der Waals surface area contributed by atoms with Crippen LogP contribution in [0.3, 0.4) is 0 Å². The molecule has 1 amide bonds. The molecule has 20 heavy (non-hydrogen) atoms. The molecule has 0 saturated heterocycles. The minimum absolute atomic E-state index is 0.00814. The average molecular weight is 298 g/mol. The Labute approximate surface area is 123 Å². The molecule has 6 heteroatoms. The third-order valence-electron chi connectivity index (χ3n) is 2.88. The Balaban J connectivity index is 2.30. The highest BCUT2D eigenvalue weighted by atomic mass is 32.2. The number of nitrogen functional groups attached to an aromatic ring is 1. The normalized spacial score (nSPS) is 13.6. The molecule has 2 atom stereocenters. The number of nitrogens with two attached hydrogens (primary N) is 1. The Morgan fingerprint density at radius 3 is 2.90 bits per heavy atom. The molecule has 1 rings (SSSR count). The average Bonchev–Trinajstić information content (AvgIpc) is 2.40. The van der Waals surface area contributed by atoms with Crippen LogP contribution in [0.2, 0.25) is 0 Å². The molecule has 2 unspecified atom stereocenters. The smallest absolute Gasteiger partial charge is 0.223 e. The molecule has 0 heterocycles. The van der Waals surface area contributed by atoms with Crippen LogP contribution in [0.1, 0.15) is 13.3 Å². The maximum Gasteiger partial charge on any atom is 0.223 e. The Hall–Kier alpha value is -1.40. The number of hydrogen-bond donors (Lipinski definition) is 3. The van der Waals surface area contributed by atoms with E-state index in [9.17, 15) is 4.79 Å².